The number of H-pyrrole nitrogens is 1. The number of nitrogen functional groups attached to an aromatic ring is 1. The topological polar surface area (TPSA) is 115 Å². The number of piperidine rings is 1. The van der Waals surface area contributed by atoms with Crippen molar-refractivity contribution in [2.24, 2.45) is 10.9 Å². The Labute approximate surface area is 223 Å². The lowest BCUT2D eigenvalue weighted by Gasteiger charge is -2.52. The zero-order valence-electron chi connectivity index (χ0n) is 22.4. The molecule has 0 spiro atoms. The molecule has 4 aromatic rings. The molecule has 39 heavy (non-hydrogen) atoms. The number of nitrogens with two attached hydrogens (primary N) is 1. The third-order valence-electron chi connectivity index (χ3n) is 8.34. The highest BCUT2D eigenvalue weighted by Gasteiger charge is 2.55. The van der Waals surface area contributed by atoms with Crippen molar-refractivity contribution in [3.63, 3.8) is 0 Å². The van der Waals surface area contributed by atoms with E-state index in [1.54, 1.807) is 25.1 Å². The Morgan fingerprint density at radius 2 is 2.05 bits per heavy atom. The van der Waals surface area contributed by atoms with Crippen LogP contribution in [0.3, 0.4) is 0 Å². The number of ether oxygens (including phenoxy) is 1. The summed E-state index contributed by atoms with van der Waals surface area (Å²) in [5.74, 6) is 1.13. The van der Waals surface area contributed by atoms with Crippen LogP contribution < -0.4 is 11.4 Å². The van der Waals surface area contributed by atoms with Gasteiger partial charge in [0.05, 0.1) is 38.4 Å². The van der Waals surface area contributed by atoms with E-state index in [2.05, 4.69) is 29.9 Å². The molecular weight excluding hydrogens is 511 g/mol. The molecule has 2 saturated heterocycles. The first-order valence-electron chi connectivity index (χ1n) is 13.7. The molecule has 2 aliphatic heterocycles. The van der Waals surface area contributed by atoms with E-state index in [0.717, 1.165) is 6.54 Å². The lowest BCUT2D eigenvalue weighted by Crippen LogP contribution is -2.67. The second-order valence-corrected chi connectivity index (χ2v) is 10.8. The SMILES string of the molecule is [2H]c1cc(-c2ccc3nc(C)n(CC(F)F)c3n2)c2c(N)nc(=N[C@H]3CCN(C4(C5CC5)COC4)C[C@H]3F)[nH]n12. The molecule has 4 aromatic heterocycles. The van der Waals surface area contributed by atoms with Crippen LogP contribution in [-0.4, -0.2) is 84.5 Å². The number of likely N-dealkylation sites (tertiary alicyclic amines) is 1. The van der Waals surface area contributed by atoms with Crippen LogP contribution in [0.5, 0.6) is 0 Å². The van der Waals surface area contributed by atoms with E-state index in [1.165, 1.54) is 21.9 Å². The fraction of sp³-hybridized carbons (Fsp3) is 0.538. The number of fused-ring (bicyclic) bond motifs is 2. The smallest absolute Gasteiger partial charge is 0.256 e. The number of anilines is 1. The van der Waals surface area contributed by atoms with Crippen molar-refractivity contribution in [1.29, 1.82) is 0 Å². The summed E-state index contributed by atoms with van der Waals surface area (Å²) in [5.41, 5.74) is 8.63. The second kappa shape index (κ2) is 9.05. The van der Waals surface area contributed by atoms with E-state index in [0.29, 0.717) is 65.9 Å². The van der Waals surface area contributed by atoms with Gasteiger partial charge in [-0.3, -0.25) is 14.5 Å². The summed E-state index contributed by atoms with van der Waals surface area (Å²) < 4.78 is 58.6. The van der Waals surface area contributed by atoms with E-state index < -0.39 is 25.2 Å². The molecule has 1 aliphatic carbocycles. The average Bonchev–Trinajstić information content (AvgIpc) is 3.60. The van der Waals surface area contributed by atoms with Crippen molar-refractivity contribution in [3.8, 4) is 11.3 Å². The van der Waals surface area contributed by atoms with E-state index in [4.69, 9.17) is 11.8 Å². The first-order chi connectivity index (χ1) is 19.2. The highest BCUT2D eigenvalue weighted by Crippen LogP contribution is 2.48. The predicted molar refractivity (Wildman–Crippen MR) is 138 cm³/mol. The van der Waals surface area contributed by atoms with E-state index in [-0.39, 0.29) is 23.1 Å². The summed E-state index contributed by atoms with van der Waals surface area (Å²) in [6.45, 7) is 3.52. The number of imidazole rings is 1. The molecule has 13 heteroatoms. The summed E-state index contributed by atoms with van der Waals surface area (Å²) in [6, 6.07) is 4.39. The maximum Gasteiger partial charge on any atom is 0.256 e. The van der Waals surface area contributed by atoms with Gasteiger partial charge in [-0.15, -0.1) is 0 Å². The van der Waals surface area contributed by atoms with Gasteiger partial charge in [0.25, 0.3) is 6.43 Å². The maximum atomic E-state index is 15.4. The first-order valence-corrected chi connectivity index (χ1v) is 13.2. The molecule has 3 aliphatic rings. The maximum absolute atomic E-state index is 15.4. The largest absolute Gasteiger partial charge is 0.382 e. The van der Waals surface area contributed by atoms with Crippen LogP contribution in [0.2, 0.25) is 0 Å². The van der Waals surface area contributed by atoms with E-state index in [1.807, 2.05) is 0 Å². The molecule has 0 radical (unpaired) electrons. The molecule has 0 aromatic carbocycles. The lowest BCUT2D eigenvalue weighted by atomic mass is 9.86. The number of aromatic nitrogens is 6. The Morgan fingerprint density at radius 1 is 1.23 bits per heavy atom. The Morgan fingerprint density at radius 3 is 2.74 bits per heavy atom. The first kappa shape index (κ1) is 23.4. The number of aryl methyl sites for hydroxylation is 1. The summed E-state index contributed by atoms with van der Waals surface area (Å²) in [6.07, 6.45) is -0.749. The fourth-order valence-electron chi connectivity index (χ4n) is 6.10. The third kappa shape index (κ3) is 4.09. The second-order valence-electron chi connectivity index (χ2n) is 10.8. The van der Waals surface area contributed by atoms with Crippen molar-refractivity contribution in [2.75, 3.05) is 32.0 Å². The molecule has 2 atom stereocenters. The van der Waals surface area contributed by atoms with Crippen molar-refractivity contribution >= 4 is 22.5 Å². The van der Waals surface area contributed by atoms with Gasteiger partial charge in [-0.25, -0.2) is 28.1 Å². The molecule has 6 heterocycles. The molecule has 10 nitrogen and oxygen atoms in total. The molecule has 0 bridgehead atoms. The van der Waals surface area contributed by atoms with Gasteiger partial charge in [-0.2, -0.15) is 4.98 Å². The molecule has 206 valence electrons. The van der Waals surface area contributed by atoms with Gasteiger partial charge in [-0.1, -0.05) is 0 Å². The zero-order chi connectivity index (χ0) is 27.8. The molecule has 0 amide bonds. The Balaban J connectivity index is 1.20. The monoisotopic (exact) mass is 542 g/mol. The van der Waals surface area contributed by atoms with Gasteiger partial charge in [0.1, 0.15) is 23.0 Å². The molecular formula is C26H30F3N9O. The van der Waals surface area contributed by atoms with Crippen molar-refractivity contribution < 1.29 is 19.3 Å². The van der Waals surface area contributed by atoms with Gasteiger partial charge in [-0.05, 0) is 50.3 Å². The fourth-order valence-corrected chi connectivity index (χ4v) is 6.10. The van der Waals surface area contributed by atoms with Crippen LogP contribution >= 0.6 is 0 Å². The van der Waals surface area contributed by atoms with Crippen LogP contribution in [0, 0.1) is 12.8 Å². The highest BCUT2D eigenvalue weighted by atomic mass is 19.3. The number of nitrogens with zero attached hydrogens (tertiary/aromatic N) is 7. The molecule has 3 N–H and O–H groups in total. The Bertz CT molecular complexity index is 1670. The van der Waals surface area contributed by atoms with Crippen LogP contribution in [-0.2, 0) is 11.3 Å². The number of nitrogens with one attached hydrogen (secondary N) is 1. The molecule has 7 rings (SSSR count). The van der Waals surface area contributed by atoms with Crippen molar-refractivity contribution in [3.05, 3.63) is 35.8 Å². The predicted octanol–water partition coefficient (Wildman–Crippen LogP) is 2.72. The van der Waals surface area contributed by atoms with Gasteiger partial charge >= 0.3 is 0 Å². The number of halogens is 3. The minimum Gasteiger partial charge on any atom is -0.382 e. The van der Waals surface area contributed by atoms with Gasteiger partial charge < -0.3 is 15.0 Å². The number of pyridine rings is 1. The van der Waals surface area contributed by atoms with Gasteiger partial charge in [0.15, 0.2) is 11.5 Å². The summed E-state index contributed by atoms with van der Waals surface area (Å²) in [4.78, 5) is 20.1. The molecule has 0 unspecified atom stereocenters. The third-order valence-corrected chi connectivity index (χ3v) is 8.34. The van der Waals surface area contributed by atoms with Crippen LogP contribution in [0.1, 0.15) is 26.5 Å². The molecule has 1 saturated carbocycles. The van der Waals surface area contributed by atoms with E-state index >= 15 is 4.39 Å². The number of hydrogen-bond donors (Lipinski definition) is 2. The van der Waals surface area contributed by atoms with Crippen LogP contribution in [0.25, 0.3) is 27.9 Å². The number of aromatic amines is 1. The van der Waals surface area contributed by atoms with Gasteiger partial charge in [0.2, 0.25) is 5.62 Å². The van der Waals surface area contributed by atoms with Crippen molar-refractivity contribution in [1.82, 2.24) is 34.0 Å². The summed E-state index contributed by atoms with van der Waals surface area (Å²) in [7, 11) is 0. The standard InChI is InChI=1S/C26H30F3N9O/c1-14-31-20-5-4-18(32-24(20)37(14)11-21(28)29)16-6-9-38-22(16)23(30)34-25(35-38)33-19-7-8-36(10-17(19)27)26(12-39-13-26)15-2-3-15/h4-6,9,15,17,19,21H,2-3,7-8,10-13H2,1H3,(H3,30,33,34,35)/t17-,19+/m1/s1/i9D. The summed E-state index contributed by atoms with van der Waals surface area (Å²) >= 11 is 0. The number of rotatable bonds is 6. The zero-order valence-corrected chi connectivity index (χ0v) is 21.4. The number of alkyl halides is 3. The minimum absolute atomic E-state index is 0.0163. The Kier molecular flexibility index (Phi) is 5.44. The number of hydrogen-bond acceptors (Lipinski definition) is 7. The highest BCUT2D eigenvalue weighted by molar-refractivity contribution is 5.88. The molecule has 3 fully saturated rings. The minimum atomic E-state index is -2.56. The van der Waals surface area contributed by atoms with Crippen molar-refractivity contribution in [2.45, 2.75) is 56.9 Å². The van der Waals surface area contributed by atoms with E-state index in [9.17, 15) is 8.78 Å². The normalized spacial score (nSPS) is 24.5. The summed E-state index contributed by atoms with van der Waals surface area (Å²) in [5, 5.41) is 2.99. The lowest BCUT2D eigenvalue weighted by molar-refractivity contribution is -0.164. The van der Waals surface area contributed by atoms with Crippen LogP contribution in [0.15, 0.2) is 29.4 Å². The quantitative estimate of drug-likeness (QED) is 0.387. The van der Waals surface area contributed by atoms with Crippen LogP contribution in [0.4, 0.5) is 19.0 Å². The average molecular weight is 543 g/mol. The van der Waals surface area contributed by atoms with Gasteiger partial charge in [0, 0.05) is 24.8 Å². The Hall–Kier alpha value is -3.45.